The Morgan fingerprint density at radius 2 is 1.68 bits per heavy atom. The topological polar surface area (TPSA) is 15.3 Å². The Hall–Kier alpha value is -0.270. The third-order valence-electron chi connectivity index (χ3n) is 3.43. The summed E-state index contributed by atoms with van der Waals surface area (Å²) >= 11 is 11.6. The lowest BCUT2D eigenvalue weighted by molar-refractivity contribution is -0.149. The molecule has 1 aromatic carbocycles. The highest BCUT2D eigenvalue weighted by Gasteiger charge is 2.38. The number of nitrogens with one attached hydrogen (secondary N) is 1. The molecule has 1 heterocycles. The van der Waals surface area contributed by atoms with E-state index in [1.165, 1.54) is 12.1 Å². The molecule has 1 aromatic rings. The van der Waals surface area contributed by atoms with E-state index in [2.05, 4.69) is 5.32 Å². The Bertz CT molecular complexity index is 505. The fourth-order valence-electron chi connectivity index (χ4n) is 2.47. The Labute approximate surface area is 142 Å². The molecule has 0 aliphatic carbocycles. The molecule has 2 nitrogen and oxygen atoms in total. The maximum absolute atomic E-state index is 14.2. The summed E-state index contributed by atoms with van der Waals surface area (Å²) < 4.78 is 52.8. The molecule has 0 radical (unpaired) electrons. The van der Waals surface area contributed by atoms with E-state index >= 15 is 0 Å². The van der Waals surface area contributed by atoms with Crippen LogP contribution in [-0.2, 0) is 0 Å². The van der Waals surface area contributed by atoms with Crippen LogP contribution in [0.1, 0.15) is 18.0 Å². The zero-order valence-electron chi connectivity index (χ0n) is 11.4. The van der Waals surface area contributed by atoms with Gasteiger partial charge in [-0.05, 0) is 12.1 Å². The second-order valence-corrected chi connectivity index (χ2v) is 5.69. The van der Waals surface area contributed by atoms with Gasteiger partial charge in [0.15, 0.2) is 0 Å². The number of hydrogen-bond acceptors (Lipinski definition) is 2. The van der Waals surface area contributed by atoms with E-state index in [0.29, 0.717) is 26.2 Å². The third-order valence-corrected chi connectivity index (χ3v) is 4.05. The van der Waals surface area contributed by atoms with Gasteiger partial charge in [0, 0.05) is 42.8 Å². The largest absolute Gasteiger partial charge is 0.390 e. The van der Waals surface area contributed by atoms with Crippen LogP contribution in [0.2, 0.25) is 10.0 Å². The molecular weight excluding hydrogens is 367 g/mol. The van der Waals surface area contributed by atoms with E-state index in [4.69, 9.17) is 23.2 Å². The molecule has 1 aliphatic rings. The molecule has 9 heteroatoms. The molecular formula is C13H15Cl3F4N2. The fourth-order valence-corrected chi connectivity index (χ4v) is 2.91. The van der Waals surface area contributed by atoms with E-state index in [1.54, 1.807) is 4.90 Å². The quantitative estimate of drug-likeness (QED) is 0.614. The van der Waals surface area contributed by atoms with Crippen molar-refractivity contribution in [2.45, 2.75) is 18.6 Å². The van der Waals surface area contributed by atoms with E-state index in [0.717, 1.165) is 0 Å². The van der Waals surface area contributed by atoms with Gasteiger partial charge in [0.1, 0.15) is 5.82 Å². The zero-order valence-corrected chi connectivity index (χ0v) is 13.7. The van der Waals surface area contributed by atoms with Crippen molar-refractivity contribution in [2.24, 2.45) is 0 Å². The molecule has 22 heavy (non-hydrogen) atoms. The summed E-state index contributed by atoms with van der Waals surface area (Å²) in [5.74, 6) is -0.878. The minimum Gasteiger partial charge on any atom is -0.314 e. The lowest BCUT2D eigenvalue weighted by Gasteiger charge is -2.36. The van der Waals surface area contributed by atoms with Crippen LogP contribution >= 0.6 is 35.6 Å². The molecule has 2 rings (SSSR count). The summed E-state index contributed by atoms with van der Waals surface area (Å²) in [5, 5.41) is 2.79. The zero-order chi connectivity index (χ0) is 15.6. The summed E-state index contributed by atoms with van der Waals surface area (Å²) in [4.78, 5) is 1.59. The summed E-state index contributed by atoms with van der Waals surface area (Å²) in [6.45, 7) is 1.88. The Morgan fingerprint density at radius 3 is 2.23 bits per heavy atom. The first-order valence-corrected chi connectivity index (χ1v) is 7.20. The molecule has 0 bridgehead atoms. The average molecular weight is 382 g/mol. The smallest absolute Gasteiger partial charge is 0.314 e. The van der Waals surface area contributed by atoms with Crippen molar-refractivity contribution in [2.75, 3.05) is 26.2 Å². The number of alkyl halides is 3. The third kappa shape index (κ3) is 4.86. The molecule has 1 fully saturated rings. The van der Waals surface area contributed by atoms with E-state index in [1.807, 2.05) is 0 Å². The first-order valence-electron chi connectivity index (χ1n) is 6.44. The van der Waals surface area contributed by atoms with E-state index < -0.39 is 24.5 Å². The Morgan fingerprint density at radius 1 is 1.14 bits per heavy atom. The van der Waals surface area contributed by atoms with Gasteiger partial charge in [-0.1, -0.05) is 23.2 Å². The van der Waals surface area contributed by atoms with Crippen LogP contribution in [0.4, 0.5) is 17.6 Å². The molecule has 0 aromatic heterocycles. The van der Waals surface area contributed by atoms with Gasteiger partial charge in [-0.2, -0.15) is 13.2 Å². The van der Waals surface area contributed by atoms with Gasteiger partial charge in [-0.25, -0.2) is 4.39 Å². The average Bonchev–Trinajstić information content (AvgIpc) is 2.42. The van der Waals surface area contributed by atoms with Gasteiger partial charge < -0.3 is 5.32 Å². The lowest BCUT2D eigenvalue weighted by atomic mass is 10.00. The predicted molar refractivity (Wildman–Crippen MR) is 81.5 cm³/mol. The van der Waals surface area contributed by atoms with Crippen molar-refractivity contribution in [3.63, 3.8) is 0 Å². The SMILES string of the molecule is Cl.Fc1c(Cl)ccc(Cl)c1[C@H](CC(F)(F)F)N1CCNCC1. The van der Waals surface area contributed by atoms with Gasteiger partial charge in [0.25, 0.3) is 0 Å². The Kier molecular flexibility index (Phi) is 7.20. The van der Waals surface area contributed by atoms with Crippen LogP contribution in [0.5, 0.6) is 0 Å². The number of rotatable bonds is 3. The van der Waals surface area contributed by atoms with Gasteiger partial charge in [-0.3, -0.25) is 4.90 Å². The number of halogens is 7. The highest BCUT2D eigenvalue weighted by molar-refractivity contribution is 6.33. The molecule has 0 unspecified atom stereocenters. The second-order valence-electron chi connectivity index (χ2n) is 4.88. The highest BCUT2D eigenvalue weighted by atomic mass is 35.5. The number of nitrogens with zero attached hydrogens (tertiary/aromatic N) is 1. The maximum atomic E-state index is 14.2. The van der Waals surface area contributed by atoms with Gasteiger partial charge in [0.2, 0.25) is 0 Å². The monoisotopic (exact) mass is 380 g/mol. The van der Waals surface area contributed by atoms with Crippen LogP contribution in [0.3, 0.4) is 0 Å². The van der Waals surface area contributed by atoms with E-state index in [9.17, 15) is 17.6 Å². The Balaban J connectivity index is 0.00000242. The van der Waals surface area contributed by atoms with Gasteiger partial charge >= 0.3 is 6.18 Å². The van der Waals surface area contributed by atoms with Crippen LogP contribution < -0.4 is 5.32 Å². The maximum Gasteiger partial charge on any atom is 0.390 e. The van der Waals surface area contributed by atoms with E-state index in [-0.39, 0.29) is 28.0 Å². The summed E-state index contributed by atoms with van der Waals surface area (Å²) in [6, 6.07) is 1.40. The van der Waals surface area contributed by atoms with Crippen molar-refractivity contribution in [3.8, 4) is 0 Å². The molecule has 126 valence electrons. The summed E-state index contributed by atoms with van der Waals surface area (Å²) in [5.41, 5.74) is -0.177. The minimum absolute atomic E-state index is 0. The van der Waals surface area contributed by atoms with Gasteiger partial charge in [-0.15, -0.1) is 12.4 Å². The standard InChI is InChI=1S/C13H14Cl2F4N2.ClH/c14-8-1-2-9(15)12(16)11(8)10(7-13(17,18)19)21-5-3-20-4-6-21;/h1-2,10,20H,3-7H2;1H/t10-;/m0./s1. The molecule has 1 atom stereocenters. The molecule has 0 saturated carbocycles. The first kappa shape index (κ1) is 19.8. The van der Waals surface area contributed by atoms with Crippen molar-refractivity contribution in [1.82, 2.24) is 10.2 Å². The molecule has 0 amide bonds. The highest BCUT2D eigenvalue weighted by Crippen LogP contribution is 2.39. The van der Waals surface area contributed by atoms with Crippen LogP contribution in [0, 0.1) is 5.82 Å². The first-order chi connectivity index (χ1) is 9.79. The molecule has 0 spiro atoms. The van der Waals surface area contributed by atoms with Crippen LogP contribution in [0.25, 0.3) is 0 Å². The lowest BCUT2D eigenvalue weighted by Crippen LogP contribution is -2.46. The molecule has 1 N–H and O–H groups in total. The van der Waals surface area contributed by atoms with Crippen LogP contribution in [0.15, 0.2) is 12.1 Å². The van der Waals surface area contributed by atoms with Crippen molar-refractivity contribution < 1.29 is 17.6 Å². The van der Waals surface area contributed by atoms with Crippen molar-refractivity contribution >= 4 is 35.6 Å². The van der Waals surface area contributed by atoms with Crippen molar-refractivity contribution in [3.05, 3.63) is 33.6 Å². The molecule has 1 saturated heterocycles. The summed E-state index contributed by atoms with van der Waals surface area (Å²) in [6.07, 6.45) is -5.59. The molecule has 1 aliphatic heterocycles. The predicted octanol–water partition coefficient (Wildman–Crippen LogP) is 4.45. The van der Waals surface area contributed by atoms with Crippen molar-refractivity contribution in [1.29, 1.82) is 0 Å². The minimum atomic E-state index is -4.42. The van der Waals surface area contributed by atoms with Crippen LogP contribution in [-0.4, -0.2) is 37.3 Å². The normalized spacial score (nSPS) is 17.9. The second kappa shape index (κ2) is 8.02. The number of benzene rings is 1. The summed E-state index contributed by atoms with van der Waals surface area (Å²) in [7, 11) is 0. The van der Waals surface area contributed by atoms with Gasteiger partial charge in [0.05, 0.1) is 11.4 Å². The number of piperazine rings is 1. The number of hydrogen-bond donors (Lipinski definition) is 1. The fraction of sp³-hybridized carbons (Fsp3) is 0.538.